The molecule has 2 aromatic carbocycles. The summed E-state index contributed by atoms with van der Waals surface area (Å²) in [7, 11) is 3.21. The van der Waals surface area contributed by atoms with Crippen LogP contribution in [0.4, 0.5) is 0 Å². The molecule has 0 aliphatic carbocycles. The van der Waals surface area contributed by atoms with Crippen molar-refractivity contribution in [3.05, 3.63) is 56.5 Å². The molecule has 0 aromatic heterocycles. The Morgan fingerprint density at radius 3 is 2.29 bits per heavy atom. The quantitative estimate of drug-likeness (QED) is 0.619. The fraction of sp³-hybridized carbons (Fsp3) is 0.250. The number of hydrogen-bond acceptors (Lipinski definition) is 2. The Bertz CT molecular complexity index is 659. The Balaban J connectivity index is 2.53. The van der Waals surface area contributed by atoms with E-state index in [1.165, 1.54) is 0 Å². The molecule has 0 bridgehead atoms. The Morgan fingerprint density at radius 2 is 1.67 bits per heavy atom. The van der Waals surface area contributed by atoms with Gasteiger partial charge in [-0.25, -0.2) is 0 Å². The fourth-order valence-corrected chi connectivity index (χ4v) is 3.24. The lowest BCUT2D eigenvalue weighted by Crippen LogP contribution is -2.00. The van der Waals surface area contributed by atoms with E-state index in [9.17, 15) is 0 Å². The number of hydrogen-bond donors (Lipinski definition) is 0. The van der Waals surface area contributed by atoms with Crippen LogP contribution >= 0.6 is 39.1 Å². The van der Waals surface area contributed by atoms with Gasteiger partial charge in [0, 0.05) is 4.47 Å². The van der Waals surface area contributed by atoms with E-state index in [0.717, 1.165) is 21.2 Å². The van der Waals surface area contributed by atoms with Gasteiger partial charge < -0.3 is 9.47 Å². The van der Waals surface area contributed by atoms with Gasteiger partial charge in [-0.1, -0.05) is 23.7 Å². The Hall–Kier alpha value is -0.900. The monoisotopic (exact) mass is 388 g/mol. The van der Waals surface area contributed by atoms with Gasteiger partial charge in [-0.3, -0.25) is 0 Å². The molecule has 0 saturated heterocycles. The van der Waals surface area contributed by atoms with Gasteiger partial charge in [0.2, 0.25) is 0 Å². The van der Waals surface area contributed by atoms with Crippen molar-refractivity contribution in [1.82, 2.24) is 0 Å². The SMILES string of the molecule is COc1cc(C)c(C(Cl)c2cccc(Br)c2Cl)cc1OC. The summed E-state index contributed by atoms with van der Waals surface area (Å²) in [6.07, 6.45) is 0. The Morgan fingerprint density at radius 1 is 1.05 bits per heavy atom. The second-order valence-corrected chi connectivity index (χ2v) is 6.24. The maximum absolute atomic E-state index is 6.64. The molecule has 112 valence electrons. The van der Waals surface area contributed by atoms with Gasteiger partial charge in [-0.2, -0.15) is 0 Å². The van der Waals surface area contributed by atoms with Gasteiger partial charge in [-0.05, 0) is 57.7 Å². The molecular weight excluding hydrogens is 375 g/mol. The first-order chi connectivity index (χ1) is 9.99. The summed E-state index contributed by atoms with van der Waals surface area (Å²) in [5.74, 6) is 1.33. The zero-order valence-corrected chi connectivity index (χ0v) is 15.0. The second kappa shape index (κ2) is 6.91. The van der Waals surface area contributed by atoms with Gasteiger partial charge in [0.25, 0.3) is 0 Å². The lowest BCUT2D eigenvalue weighted by molar-refractivity contribution is 0.354. The summed E-state index contributed by atoms with van der Waals surface area (Å²) >= 11 is 16.4. The smallest absolute Gasteiger partial charge is 0.161 e. The average Bonchev–Trinajstić information content (AvgIpc) is 2.49. The molecule has 0 aliphatic heterocycles. The van der Waals surface area contributed by atoms with E-state index in [-0.39, 0.29) is 5.38 Å². The first-order valence-electron chi connectivity index (χ1n) is 6.30. The first-order valence-corrected chi connectivity index (χ1v) is 7.90. The molecule has 0 fully saturated rings. The number of methoxy groups -OCH3 is 2. The van der Waals surface area contributed by atoms with Crippen molar-refractivity contribution in [1.29, 1.82) is 0 Å². The summed E-state index contributed by atoms with van der Waals surface area (Å²) < 4.78 is 11.5. The third-order valence-electron chi connectivity index (χ3n) is 3.30. The van der Waals surface area contributed by atoms with Crippen LogP contribution in [0.5, 0.6) is 11.5 Å². The Kier molecular flexibility index (Phi) is 5.42. The van der Waals surface area contributed by atoms with E-state index in [0.29, 0.717) is 16.5 Å². The number of ether oxygens (including phenoxy) is 2. The van der Waals surface area contributed by atoms with Gasteiger partial charge in [0.05, 0.1) is 24.6 Å². The third kappa shape index (κ3) is 3.31. The van der Waals surface area contributed by atoms with Gasteiger partial charge in [0.15, 0.2) is 11.5 Å². The molecule has 0 aliphatic rings. The number of alkyl halides is 1. The highest BCUT2D eigenvalue weighted by Gasteiger charge is 2.20. The normalized spacial score (nSPS) is 12.1. The minimum absolute atomic E-state index is 0.366. The van der Waals surface area contributed by atoms with Crippen LogP contribution < -0.4 is 9.47 Å². The van der Waals surface area contributed by atoms with Crippen LogP contribution in [0.15, 0.2) is 34.8 Å². The average molecular weight is 390 g/mol. The summed E-state index contributed by atoms with van der Waals surface area (Å²) in [4.78, 5) is 0. The molecule has 2 nitrogen and oxygen atoms in total. The van der Waals surface area contributed by atoms with Crippen molar-refractivity contribution < 1.29 is 9.47 Å². The van der Waals surface area contributed by atoms with E-state index >= 15 is 0 Å². The van der Waals surface area contributed by atoms with E-state index in [1.807, 2.05) is 37.3 Å². The van der Waals surface area contributed by atoms with Gasteiger partial charge >= 0.3 is 0 Å². The predicted molar refractivity (Wildman–Crippen MR) is 91.1 cm³/mol. The minimum atomic E-state index is -0.366. The lowest BCUT2D eigenvalue weighted by atomic mass is 9.99. The number of rotatable bonds is 4. The van der Waals surface area contributed by atoms with E-state index in [1.54, 1.807) is 14.2 Å². The molecule has 0 N–H and O–H groups in total. The fourth-order valence-electron chi connectivity index (χ4n) is 2.15. The van der Waals surface area contributed by atoms with Crippen LogP contribution in [0.3, 0.4) is 0 Å². The summed E-state index contributed by atoms with van der Waals surface area (Å²) in [5, 5.41) is 0.251. The van der Waals surface area contributed by atoms with Crippen LogP contribution in [-0.2, 0) is 0 Å². The van der Waals surface area contributed by atoms with E-state index in [4.69, 9.17) is 32.7 Å². The topological polar surface area (TPSA) is 18.5 Å². The second-order valence-electron chi connectivity index (χ2n) is 4.57. The Labute approximate surface area is 143 Å². The standard InChI is InChI=1S/C16H15BrCl2O2/c1-9-7-13(20-2)14(21-3)8-11(9)15(18)10-5-4-6-12(17)16(10)19/h4-8,15H,1-3H3. The molecular formula is C16H15BrCl2O2. The van der Waals surface area contributed by atoms with E-state index in [2.05, 4.69) is 15.9 Å². The minimum Gasteiger partial charge on any atom is -0.493 e. The van der Waals surface area contributed by atoms with Crippen molar-refractivity contribution in [2.45, 2.75) is 12.3 Å². The molecule has 1 atom stereocenters. The zero-order valence-electron chi connectivity index (χ0n) is 11.9. The molecule has 0 heterocycles. The van der Waals surface area contributed by atoms with Crippen molar-refractivity contribution in [2.75, 3.05) is 14.2 Å². The van der Waals surface area contributed by atoms with Crippen molar-refractivity contribution in [3.8, 4) is 11.5 Å². The van der Waals surface area contributed by atoms with Crippen molar-refractivity contribution in [3.63, 3.8) is 0 Å². The summed E-state index contributed by atoms with van der Waals surface area (Å²) in [5.41, 5.74) is 2.81. The molecule has 0 radical (unpaired) electrons. The molecule has 0 saturated carbocycles. The molecule has 0 spiro atoms. The number of halogens is 3. The van der Waals surface area contributed by atoms with Crippen LogP contribution in [0.2, 0.25) is 5.02 Å². The molecule has 2 aromatic rings. The molecule has 21 heavy (non-hydrogen) atoms. The molecule has 0 amide bonds. The van der Waals surface area contributed by atoms with E-state index < -0.39 is 0 Å². The molecule has 2 rings (SSSR count). The highest BCUT2D eigenvalue weighted by Crippen LogP contribution is 2.41. The number of benzene rings is 2. The largest absolute Gasteiger partial charge is 0.493 e. The zero-order chi connectivity index (χ0) is 15.6. The van der Waals surface area contributed by atoms with Crippen LogP contribution in [0, 0.1) is 6.92 Å². The van der Waals surface area contributed by atoms with Gasteiger partial charge in [-0.15, -0.1) is 11.6 Å². The summed E-state index contributed by atoms with van der Waals surface area (Å²) in [6.45, 7) is 1.98. The first kappa shape index (κ1) is 16.5. The maximum Gasteiger partial charge on any atom is 0.161 e. The third-order valence-corrected chi connectivity index (χ3v) is 5.08. The highest BCUT2D eigenvalue weighted by molar-refractivity contribution is 9.10. The predicted octanol–water partition coefficient (Wildman–Crippen LogP) is 5.76. The van der Waals surface area contributed by atoms with Crippen LogP contribution in [0.1, 0.15) is 22.1 Å². The summed E-state index contributed by atoms with van der Waals surface area (Å²) in [6, 6.07) is 9.52. The van der Waals surface area contributed by atoms with Crippen molar-refractivity contribution in [2.24, 2.45) is 0 Å². The van der Waals surface area contributed by atoms with Crippen molar-refractivity contribution >= 4 is 39.1 Å². The molecule has 5 heteroatoms. The van der Waals surface area contributed by atoms with Gasteiger partial charge in [0.1, 0.15) is 0 Å². The van der Waals surface area contributed by atoms with Crippen LogP contribution in [0.25, 0.3) is 0 Å². The van der Waals surface area contributed by atoms with Crippen LogP contribution in [-0.4, -0.2) is 14.2 Å². The highest BCUT2D eigenvalue weighted by atomic mass is 79.9. The number of aryl methyl sites for hydroxylation is 1. The molecule has 1 unspecified atom stereocenters. The maximum atomic E-state index is 6.64. The lowest BCUT2D eigenvalue weighted by Gasteiger charge is -2.18.